The SMILES string of the molecule is Fc1ccccc1-c1nnc2n1N=C(c1cccc(Br)c1)CS2. The van der Waals surface area contributed by atoms with E-state index in [1.54, 1.807) is 22.9 Å². The Morgan fingerprint density at radius 2 is 1.96 bits per heavy atom. The van der Waals surface area contributed by atoms with Gasteiger partial charge in [-0.1, -0.05) is 52.0 Å². The maximum atomic E-state index is 14.1. The van der Waals surface area contributed by atoms with Crippen molar-refractivity contribution in [2.45, 2.75) is 5.16 Å². The van der Waals surface area contributed by atoms with Crippen LogP contribution in [0.1, 0.15) is 5.56 Å². The summed E-state index contributed by atoms with van der Waals surface area (Å²) in [6, 6.07) is 14.5. The van der Waals surface area contributed by atoms with E-state index in [2.05, 4.69) is 31.2 Å². The lowest BCUT2D eigenvalue weighted by molar-refractivity contribution is 0.627. The molecule has 0 saturated heterocycles. The summed E-state index contributed by atoms with van der Waals surface area (Å²) in [5.74, 6) is 0.779. The van der Waals surface area contributed by atoms with Crippen molar-refractivity contribution in [2.24, 2.45) is 5.10 Å². The normalized spacial score (nSPS) is 13.6. The van der Waals surface area contributed by atoms with Crippen LogP contribution in [0, 0.1) is 5.82 Å². The largest absolute Gasteiger partial charge is 0.212 e. The molecule has 0 spiro atoms. The lowest BCUT2D eigenvalue weighted by Gasteiger charge is -2.14. The van der Waals surface area contributed by atoms with Crippen molar-refractivity contribution >= 4 is 33.4 Å². The molecule has 0 saturated carbocycles. The predicted octanol–water partition coefficient (Wildman–Crippen LogP) is 4.20. The Bertz CT molecular complexity index is 922. The van der Waals surface area contributed by atoms with Gasteiger partial charge in [-0.05, 0) is 29.8 Å². The van der Waals surface area contributed by atoms with E-state index in [0.29, 0.717) is 22.3 Å². The summed E-state index contributed by atoms with van der Waals surface area (Å²) in [4.78, 5) is 0. The van der Waals surface area contributed by atoms with E-state index in [4.69, 9.17) is 0 Å². The van der Waals surface area contributed by atoms with Crippen LogP contribution >= 0.6 is 27.7 Å². The summed E-state index contributed by atoms with van der Waals surface area (Å²) in [5.41, 5.74) is 2.32. The minimum atomic E-state index is -0.336. The summed E-state index contributed by atoms with van der Waals surface area (Å²) in [5, 5.41) is 13.5. The molecule has 7 heteroatoms. The smallest absolute Gasteiger partial charge is 0.206 e. The van der Waals surface area contributed by atoms with Gasteiger partial charge < -0.3 is 0 Å². The van der Waals surface area contributed by atoms with Crippen molar-refractivity contribution in [1.29, 1.82) is 0 Å². The summed E-state index contributed by atoms with van der Waals surface area (Å²) >= 11 is 5.01. The first kappa shape index (κ1) is 14.6. The summed E-state index contributed by atoms with van der Waals surface area (Å²) in [6.45, 7) is 0. The number of rotatable bonds is 2. The van der Waals surface area contributed by atoms with Crippen molar-refractivity contribution in [3.63, 3.8) is 0 Å². The standard InChI is InChI=1S/C16H10BrFN4S/c17-11-5-3-4-10(8-11)14-9-23-16-20-19-15(22(16)21-14)12-6-1-2-7-13(12)18/h1-8H,9H2. The van der Waals surface area contributed by atoms with Crippen LogP contribution in [0.25, 0.3) is 11.4 Å². The van der Waals surface area contributed by atoms with Crippen LogP contribution in [0.15, 0.2) is 63.3 Å². The summed E-state index contributed by atoms with van der Waals surface area (Å²) in [7, 11) is 0. The number of aromatic nitrogens is 3. The molecule has 1 aliphatic rings. The summed E-state index contributed by atoms with van der Waals surface area (Å²) < 4.78 is 16.7. The molecule has 1 aliphatic heterocycles. The van der Waals surface area contributed by atoms with Crippen LogP contribution in [0.5, 0.6) is 0 Å². The number of thioether (sulfide) groups is 1. The van der Waals surface area contributed by atoms with Gasteiger partial charge in [-0.15, -0.1) is 10.2 Å². The number of benzene rings is 2. The van der Waals surface area contributed by atoms with Gasteiger partial charge in [-0.25, -0.2) is 4.39 Å². The van der Waals surface area contributed by atoms with Gasteiger partial charge in [-0.3, -0.25) is 0 Å². The molecule has 2 heterocycles. The molecule has 4 rings (SSSR count). The fourth-order valence-corrected chi connectivity index (χ4v) is 3.59. The van der Waals surface area contributed by atoms with E-state index >= 15 is 0 Å². The maximum Gasteiger partial charge on any atom is 0.212 e. The van der Waals surface area contributed by atoms with Gasteiger partial charge in [0.05, 0.1) is 11.3 Å². The second-order valence-electron chi connectivity index (χ2n) is 4.94. The molecule has 3 aromatic rings. The van der Waals surface area contributed by atoms with Crippen molar-refractivity contribution in [3.8, 4) is 11.4 Å². The molecule has 0 fully saturated rings. The molecule has 4 nitrogen and oxygen atoms in total. The first-order valence-electron chi connectivity index (χ1n) is 6.89. The van der Waals surface area contributed by atoms with Gasteiger partial charge in [0.15, 0.2) is 5.82 Å². The van der Waals surface area contributed by atoms with Gasteiger partial charge in [0, 0.05) is 10.2 Å². The van der Waals surface area contributed by atoms with Crippen LogP contribution in [0.3, 0.4) is 0 Å². The van der Waals surface area contributed by atoms with Gasteiger partial charge >= 0.3 is 0 Å². The molecule has 0 amide bonds. The molecule has 0 N–H and O–H groups in total. The second kappa shape index (κ2) is 5.90. The van der Waals surface area contributed by atoms with Crippen molar-refractivity contribution in [3.05, 3.63) is 64.4 Å². The zero-order chi connectivity index (χ0) is 15.8. The van der Waals surface area contributed by atoms with Gasteiger partial charge in [0.2, 0.25) is 5.16 Å². The first-order chi connectivity index (χ1) is 11.2. The molecule has 2 aromatic carbocycles. The number of hydrogen-bond donors (Lipinski definition) is 0. The highest BCUT2D eigenvalue weighted by molar-refractivity contribution is 9.10. The number of fused-ring (bicyclic) bond motifs is 1. The predicted molar refractivity (Wildman–Crippen MR) is 92.2 cm³/mol. The van der Waals surface area contributed by atoms with Gasteiger partial charge in [0.1, 0.15) is 5.82 Å². The van der Waals surface area contributed by atoms with Crippen LogP contribution in [-0.2, 0) is 0 Å². The Morgan fingerprint density at radius 1 is 1.09 bits per heavy atom. The van der Waals surface area contributed by atoms with Crippen LogP contribution in [0.4, 0.5) is 4.39 Å². The first-order valence-corrected chi connectivity index (χ1v) is 8.67. The fraction of sp³-hybridized carbons (Fsp3) is 0.0625. The Labute approximate surface area is 144 Å². The highest BCUT2D eigenvalue weighted by atomic mass is 79.9. The summed E-state index contributed by atoms with van der Waals surface area (Å²) in [6.07, 6.45) is 0. The third kappa shape index (κ3) is 2.70. The zero-order valence-corrected chi connectivity index (χ0v) is 14.2. The van der Waals surface area contributed by atoms with E-state index in [0.717, 1.165) is 15.7 Å². The highest BCUT2D eigenvalue weighted by Gasteiger charge is 2.22. The van der Waals surface area contributed by atoms with Gasteiger partial charge in [-0.2, -0.15) is 9.78 Å². The third-order valence-electron chi connectivity index (χ3n) is 3.44. The topological polar surface area (TPSA) is 43.1 Å². The van der Waals surface area contributed by atoms with Crippen molar-refractivity contribution in [1.82, 2.24) is 14.9 Å². The van der Waals surface area contributed by atoms with E-state index in [-0.39, 0.29) is 5.82 Å². The number of nitrogens with zero attached hydrogens (tertiary/aromatic N) is 4. The molecular formula is C16H10BrFN4S. The second-order valence-corrected chi connectivity index (χ2v) is 6.80. The van der Waals surface area contributed by atoms with Crippen molar-refractivity contribution < 1.29 is 4.39 Å². The van der Waals surface area contributed by atoms with Crippen LogP contribution < -0.4 is 0 Å². The number of hydrogen-bond acceptors (Lipinski definition) is 4. The number of halogens is 2. The molecule has 23 heavy (non-hydrogen) atoms. The average Bonchev–Trinajstić information content (AvgIpc) is 2.98. The maximum absolute atomic E-state index is 14.1. The zero-order valence-electron chi connectivity index (χ0n) is 11.8. The molecule has 0 aliphatic carbocycles. The molecule has 1 aromatic heterocycles. The Morgan fingerprint density at radius 3 is 2.78 bits per heavy atom. The lowest BCUT2D eigenvalue weighted by atomic mass is 10.1. The molecule has 0 radical (unpaired) electrons. The minimum Gasteiger partial charge on any atom is -0.206 e. The Kier molecular flexibility index (Phi) is 3.74. The van der Waals surface area contributed by atoms with E-state index < -0.39 is 0 Å². The average molecular weight is 389 g/mol. The third-order valence-corrected chi connectivity index (χ3v) is 4.87. The van der Waals surface area contributed by atoms with E-state index in [1.165, 1.54) is 17.8 Å². The molecule has 114 valence electrons. The van der Waals surface area contributed by atoms with E-state index in [1.807, 2.05) is 24.3 Å². The highest BCUT2D eigenvalue weighted by Crippen LogP contribution is 2.29. The van der Waals surface area contributed by atoms with Crippen molar-refractivity contribution in [2.75, 3.05) is 5.75 Å². The molecule has 0 atom stereocenters. The van der Waals surface area contributed by atoms with E-state index in [9.17, 15) is 4.39 Å². The van der Waals surface area contributed by atoms with Crippen LogP contribution in [-0.4, -0.2) is 26.3 Å². The van der Waals surface area contributed by atoms with Gasteiger partial charge in [0.25, 0.3) is 0 Å². The molecule has 0 unspecified atom stereocenters. The Balaban J connectivity index is 1.83. The minimum absolute atomic E-state index is 0.336. The van der Waals surface area contributed by atoms with Crippen LogP contribution in [0.2, 0.25) is 0 Å². The fourth-order valence-electron chi connectivity index (χ4n) is 2.35. The molecular weight excluding hydrogens is 379 g/mol. The monoisotopic (exact) mass is 388 g/mol. The molecule has 0 bridgehead atoms. The quantitative estimate of drug-likeness (QED) is 0.660. The Hall–Kier alpha value is -1.99. The lowest BCUT2D eigenvalue weighted by Crippen LogP contribution is -2.13.